The van der Waals surface area contributed by atoms with E-state index in [-0.39, 0.29) is 0 Å². The molecule has 0 saturated heterocycles. The minimum absolute atomic E-state index is 0.556. The van der Waals surface area contributed by atoms with E-state index in [1.807, 2.05) is 11.8 Å². The fourth-order valence-corrected chi connectivity index (χ4v) is 2.33. The zero-order chi connectivity index (χ0) is 12.5. The zero-order valence-electron chi connectivity index (χ0n) is 11.3. The van der Waals surface area contributed by atoms with Crippen LogP contribution < -0.4 is 5.32 Å². The highest BCUT2D eigenvalue weighted by molar-refractivity contribution is 7.98. The summed E-state index contributed by atoms with van der Waals surface area (Å²) in [5.74, 6) is 1.23. The Bertz CT molecular complexity index is 295. The predicted octanol–water partition coefficient (Wildman–Crippen LogP) is 3.09. The summed E-state index contributed by atoms with van der Waals surface area (Å²) in [5, 5.41) is 8.05. The molecule has 1 rings (SSSR count). The van der Waals surface area contributed by atoms with E-state index in [2.05, 4.69) is 47.5 Å². The fourth-order valence-electron chi connectivity index (χ4n) is 1.90. The number of nitrogens with zero attached hydrogens (tertiary/aromatic N) is 2. The third-order valence-electron chi connectivity index (χ3n) is 2.99. The Morgan fingerprint density at radius 3 is 2.82 bits per heavy atom. The topological polar surface area (TPSA) is 29.9 Å². The van der Waals surface area contributed by atoms with Crippen molar-refractivity contribution in [3.63, 3.8) is 0 Å². The van der Waals surface area contributed by atoms with Gasteiger partial charge in [0.15, 0.2) is 0 Å². The summed E-state index contributed by atoms with van der Waals surface area (Å²) in [5.41, 5.74) is 1.15. The van der Waals surface area contributed by atoms with Gasteiger partial charge in [0.1, 0.15) is 0 Å². The first-order valence-electron chi connectivity index (χ1n) is 6.55. The van der Waals surface area contributed by atoms with Crippen LogP contribution in [0.3, 0.4) is 0 Å². The summed E-state index contributed by atoms with van der Waals surface area (Å²) in [6.07, 6.45) is 7.79. The summed E-state index contributed by atoms with van der Waals surface area (Å²) < 4.78 is 2.11. The molecular weight excluding hydrogens is 230 g/mol. The van der Waals surface area contributed by atoms with Crippen molar-refractivity contribution in [3.8, 4) is 0 Å². The quantitative estimate of drug-likeness (QED) is 0.688. The predicted molar refractivity (Wildman–Crippen MR) is 76.6 cm³/mol. The second kappa shape index (κ2) is 8.59. The van der Waals surface area contributed by atoms with E-state index in [1.165, 1.54) is 12.2 Å². The normalized spacial score (nSPS) is 11.3. The van der Waals surface area contributed by atoms with E-state index in [0.717, 1.165) is 31.6 Å². The number of hydrogen-bond acceptors (Lipinski definition) is 3. The van der Waals surface area contributed by atoms with E-state index < -0.39 is 0 Å². The molecule has 0 aliphatic heterocycles. The zero-order valence-corrected chi connectivity index (χ0v) is 12.1. The number of rotatable bonds is 9. The molecule has 0 unspecified atom stereocenters. The molecule has 1 aromatic heterocycles. The van der Waals surface area contributed by atoms with Crippen LogP contribution in [0.15, 0.2) is 12.3 Å². The molecule has 1 aromatic rings. The van der Waals surface area contributed by atoms with Crippen molar-refractivity contribution in [2.75, 3.05) is 18.6 Å². The van der Waals surface area contributed by atoms with Crippen molar-refractivity contribution in [2.45, 2.75) is 45.7 Å². The van der Waals surface area contributed by atoms with Crippen molar-refractivity contribution < 1.29 is 0 Å². The van der Waals surface area contributed by atoms with Gasteiger partial charge in [-0.2, -0.15) is 16.9 Å². The van der Waals surface area contributed by atoms with Gasteiger partial charge in [0, 0.05) is 12.7 Å². The maximum absolute atomic E-state index is 4.62. The molecule has 0 saturated carbocycles. The summed E-state index contributed by atoms with van der Waals surface area (Å²) >= 11 is 1.90. The van der Waals surface area contributed by atoms with E-state index in [0.29, 0.717) is 6.04 Å². The summed E-state index contributed by atoms with van der Waals surface area (Å²) in [6.45, 7) is 6.41. The number of thioether (sulfide) groups is 1. The lowest BCUT2D eigenvalue weighted by atomic mass is 10.2. The molecule has 0 spiro atoms. The molecule has 4 heteroatoms. The Hall–Kier alpha value is -0.480. The molecule has 0 atom stereocenters. The van der Waals surface area contributed by atoms with E-state index in [4.69, 9.17) is 0 Å². The lowest BCUT2D eigenvalue weighted by Crippen LogP contribution is -2.16. The monoisotopic (exact) mass is 255 g/mol. The number of nitrogens with one attached hydrogen (secondary N) is 1. The molecule has 17 heavy (non-hydrogen) atoms. The van der Waals surface area contributed by atoms with Gasteiger partial charge in [-0.05, 0) is 43.9 Å². The van der Waals surface area contributed by atoms with Crippen LogP contribution in [0.5, 0.6) is 0 Å². The van der Waals surface area contributed by atoms with Crippen LogP contribution in [-0.4, -0.2) is 28.3 Å². The Morgan fingerprint density at radius 1 is 1.41 bits per heavy atom. The molecule has 0 aromatic carbocycles. The largest absolute Gasteiger partial charge is 0.311 e. The molecule has 0 fully saturated rings. The van der Waals surface area contributed by atoms with Crippen LogP contribution in [-0.2, 0) is 6.54 Å². The molecule has 98 valence electrons. The van der Waals surface area contributed by atoms with Gasteiger partial charge < -0.3 is 5.32 Å². The van der Waals surface area contributed by atoms with E-state index >= 15 is 0 Å². The number of aromatic nitrogens is 2. The van der Waals surface area contributed by atoms with Crippen molar-refractivity contribution >= 4 is 11.8 Å². The second-order valence-corrected chi connectivity index (χ2v) is 5.27. The Morgan fingerprint density at radius 2 is 2.18 bits per heavy atom. The maximum atomic E-state index is 4.62. The summed E-state index contributed by atoms with van der Waals surface area (Å²) in [4.78, 5) is 0. The highest BCUT2D eigenvalue weighted by Crippen LogP contribution is 2.14. The second-order valence-electron chi connectivity index (χ2n) is 4.28. The molecule has 3 nitrogen and oxygen atoms in total. The van der Waals surface area contributed by atoms with E-state index in [9.17, 15) is 0 Å². The van der Waals surface area contributed by atoms with Crippen LogP contribution in [0.2, 0.25) is 0 Å². The molecule has 1 N–H and O–H groups in total. The maximum Gasteiger partial charge on any atom is 0.0762 e. The summed E-state index contributed by atoms with van der Waals surface area (Å²) in [7, 11) is 0. The van der Waals surface area contributed by atoms with Crippen molar-refractivity contribution in [2.24, 2.45) is 0 Å². The highest BCUT2D eigenvalue weighted by atomic mass is 32.2. The van der Waals surface area contributed by atoms with Gasteiger partial charge in [0.05, 0.1) is 11.7 Å². The van der Waals surface area contributed by atoms with Crippen LogP contribution in [0.4, 0.5) is 0 Å². The Kier molecular flexibility index (Phi) is 7.37. The molecule has 0 radical (unpaired) electrons. The van der Waals surface area contributed by atoms with Crippen LogP contribution in [0.1, 0.15) is 44.8 Å². The van der Waals surface area contributed by atoms with Crippen LogP contribution in [0.25, 0.3) is 0 Å². The molecule has 1 heterocycles. The van der Waals surface area contributed by atoms with Crippen molar-refractivity contribution in [1.29, 1.82) is 0 Å². The lowest BCUT2D eigenvalue weighted by Gasteiger charge is -2.12. The Labute approximate surface area is 109 Å². The van der Waals surface area contributed by atoms with Gasteiger partial charge in [0.2, 0.25) is 0 Å². The van der Waals surface area contributed by atoms with Crippen molar-refractivity contribution in [1.82, 2.24) is 15.1 Å². The average molecular weight is 255 g/mol. The third-order valence-corrected chi connectivity index (χ3v) is 3.69. The highest BCUT2D eigenvalue weighted by Gasteiger charge is 2.07. The molecule has 0 aliphatic carbocycles. The number of hydrogen-bond donors (Lipinski definition) is 1. The van der Waals surface area contributed by atoms with Gasteiger partial charge in [-0.15, -0.1) is 0 Å². The molecule has 0 bridgehead atoms. The molecule has 0 amide bonds. The van der Waals surface area contributed by atoms with Gasteiger partial charge in [-0.1, -0.05) is 13.8 Å². The first-order valence-corrected chi connectivity index (χ1v) is 7.94. The van der Waals surface area contributed by atoms with E-state index in [1.54, 1.807) is 0 Å². The molecular formula is C13H25N3S. The van der Waals surface area contributed by atoms with Crippen LogP contribution in [0, 0.1) is 0 Å². The van der Waals surface area contributed by atoms with Gasteiger partial charge in [-0.3, -0.25) is 4.68 Å². The van der Waals surface area contributed by atoms with Crippen molar-refractivity contribution in [3.05, 3.63) is 18.0 Å². The first kappa shape index (κ1) is 14.6. The minimum atomic E-state index is 0.556. The first-order chi connectivity index (χ1) is 8.31. The fraction of sp³-hybridized carbons (Fsp3) is 0.769. The summed E-state index contributed by atoms with van der Waals surface area (Å²) in [6, 6.07) is 2.68. The average Bonchev–Trinajstić information content (AvgIpc) is 2.79. The van der Waals surface area contributed by atoms with Gasteiger partial charge >= 0.3 is 0 Å². The van der Waals surface area contributed by atoms with Gasteiger partial charge in [-0.25, -0.2) is 0 Å². The smallest absolute Gasteiger partial charge is 0.0762 e. The SMILES string of the molecule is CCC(CC)n1ccc(CNCCCSC)n1. The Balaban J connectivity index is 2.30. The van der Waals surface area contributed by atoms with Gasteiger partial charge in [0.25, 0.3) is 0 Å². The molecule has 0 aliphatic rings. The third kappa shape index (κ3) is 5.13. The minimum Gasteiger partial charge on any atom is -0.311 e. The standard InChI is InChI=1S/C13H25N3S/c1-4-13(5-2)16-9-7-12(15-16)11-14-8-6-10-17-3/h7,9,13-14H,4-6,8,10-11H2,1-3H3. The van der Waals surface area contributed by atoms with Crippen LogP contribution >= 0.6 is 11.8 Å². The lowest BCUT2D eigenvalue weighted by molar-refractivity contribution is 0.424.